The number of aryl methyl sites for hydroxylation is 2. The Morgan fingerprint density at radius 2 is 1.93 bits per heavy atom. The maximum absolute atomic E-state index is 12.6. The van der Waals surface area contributed by atoms with Gasteiger partial charge >= 0.3 is 0 Å². The molecule has 2 aromatic carbocycles. The average molecular weight is 461 g/mol. The van der Waals surface area contributed by atoms with Crippen molar-refractivity contribution in [1.82, 2.24) is 5.32 Å². The van der Waals surface area contributed by atoms with E-state index in [1.54, 1.807) is 24.3 Å². The third kappa shape index (κ3) is 5.81. The molecule has 1 saturated heterocycles. The van der Waals surface area contributed by atoms with Crippen LogP contribution in [0, 0.1) is 13.8 Å². The Balaban J connectivity index is 1.59. The SMILES string of the molecule is Cc1cc(Br)cc(C)c1OCC(=O)Nc1ccccc1C(=O)NCC1CCCO1. The molecule has 29 heavy (non-hydrogen) atoms. The Bertz CT molecular complexity index is 871. The van der Waals surface area contributed by atoms with Crippen molar-refractivity contribution in [3.63, 3.8) is 0 Å². The van der Waals surface area contributed by atoms with Gasteiger partial charge in [0.25, 0.3) is 11.8 Å². The molecule has 1 fully saturated rings. The number of nitrogens with one attached hydrogen (secondary N) is 2. The number of rotatable bonds is 7. The lowest BCUT2D eigenvalue weighted by Gasteiger charge is -2.15. The van der Waals surface area contributed by atoms with E-state index in [4.69, 9.17) is 9.47 Å². The van der Waals surface area contributed by atoms with Crippen LogP contribution in [0.15, 0.2) is 40.9 Å². The van der Waals surface area contributed by atoms with Crippen LogP contribution in [0.1, 0.15) is 34.3 Å². The molecule has 1 unspecified atom stereocenters. The van der Waals surface area contributed by atoms with E-state index in [9.17, 15) is 9.59 Å². The normalized spacial score (nSPS) is 15.8. The molecule has 7 heteroatoms. The number of carbonyl (C=O) groups is 2. The molecule has 6 nitrogen and oxygen atoms in total. The minimum atomic E-state index is -0.328. The molecular weight excluding hydrogens is 436 g/mol. The highest BCUT2D eigenvalue weighted by Gasteiger charge is 2.18. The van der Waals surface area contributed by atoms with Gasteiger partial charge in [0.1, 0.15) is 5.75 Å². The van der Waals surface area contributed by atoms with E-state index in [0.717, 1.165) is 35.0 Å². The first-order chi connectivity index (χ1) is 13.9. The average Bonchev–Trinajstić information content (AvgIpc) is 3.19. The second-order valence-electron chi connectivity index (χ2n) is 7.10. The van der Waals surface area contributed by atoms with Crippen molar-refractivity contribution in [2.75, 3.05) is 25.1 Å². The minimum absolute atomic E-state index is 0.0616. The van der Waals surface area contributed by atoms with Crippen molar-refractivity contribution < 1.29 is 19.1 Å². The zero-order valence-corrected chi connectivity index (χ0v) is 18.2. The van der Waals surface area contributed by atoms with E-state index in [0.29, 0.717) is 23.5 Å². The Labute approximate surface area is 179 Å². The van der Waals surface area contributed by atoms with Gasteiger partial charge in [-0.25, -0.2) is 0 Å². The van der Waals surface area contributed by atoms with E-state index in [2.05, 4.69) is 26.6 Å². The molecule has 0 aliphatic carbocycles. The standard InChI is InChI=1S/C22H25BrN2O4/c1-14-10-16(23)11-15(2)21(14)29-13-20(26)25-19-8-4-3-7-18(19)22(27)24-12-17-6-5-9-28-17/h3-4,7-8,10-11,17H,5-6,9,12-13H2,1-2H3,(H,24,27)(H,25,26). The lowest BCUT2D eigenvalue weighted by atomic mass is 10.1. The molecule has 1 aliphatic heterocycles. The molecule has 1 heterocycles. The van der Waals surface area contributed by atoms with Crippen molar-refractivity contribution in [1.29, 1.82) is 0 Å². The summed E-state index contributed by atoms with van der Waals surface area (Å²) < 4.78 is 12.2. The summed E-state index contributed by atoms with van der Waals surface area (Å²) in [6.07, 6.45) is 2.03. The number of anilines is 1. The number of hydrogen-bond donors (Lipinski definition) is 2. The topological polar surface area (TPSA) is 76.7 Å². The molecule has 0 spiro atoms. The van der Waals surface area contributed by atoms with Gasteiger partial charge in [0, 0.05) is 17.6 Å². The van der Waals surface area contributed by atoms with Crippen LogP contribution in [0.3, 0.4) is 0 Å². The van der Waals surface area contributed by atoms with Gasteiger partial charge in [0.2, 0.25) is 0 Å². The fraction of sp³-hybridized carbons (Fsp3) is 0.364. The number of amides is 2. The lowest BCUT2D eigenvalue weighted by Crippen LogP contribution is -2.32. The highest BCUT2D eigenvalue weighted by molar-refractivity contribution is 9.10. The van der Waals surface area contributed by atoms with Crippen molar-refractivity contribution in [2.45, 2.75) is 32.8 Å². The van der Waals surface area contributed by atoms with Crippen LogP contribution in [-0.4, -0.2) is 37.7 Å². The number of benzene rings is 2. The van der Waals surface area contributed by atoms with Gasteiger partial charge in [-0.2, -0.15) is 0 Å². The maximum Gasteiger partial charge on any atom is 0.262 e. The molecule has 3 rings (SSSR count). The van der Waals surface area contributed by atoms with Crippen LogP contribution >= 0.6 is 15.9 Å². The molecular formula is C22H25BrN2O4. The summed E-state index contributed by atoms with van der Waals surface area (Å²) in [5.41, 5.74) is 2.75. The Kier molecular flexibility index (Phi) is 7.28. The molecule has 0 aromatic heterocycles. The third-order valence-electron chi connectivity index (χ3n) is 4.73. The smallest absolute Gasteiger partial charge is 0.262 e. The summed E-state index contributed by atoms with van der Waals surface area (Å²) in [4.78, 5) is 25.0. The van der Waals surface area contributed by atoms with Gasteiger partial charge in [-0.3, -0.25) is 9.59 Å². The van der Waals surface area contributed by atoms with Gasteiger partial charge in [-0.1, -0.05) is 28.1 Å². The maximum atomic E-state index is 12.6. The predicted octanol–water partition coefficient (Wildman–Crippen LogP) is 3.99. The first kappa shape index (κ1) is 21.3. The molecule has 2 aromatic rings. The number of para-hydroxylation sites is 1. The van der Waals surface area contributed by atoms with E-state index in [-0.39, 0.29) is 24.5 Å². The van der Waals surface area contributed by atoms with Crippen LogP contribution in [0.5, 0.6) is 5.75 Å². The number of halogens is 1. The van der Waals surface area contributed by atoms with Gasteiger partial charge in [0.15, 0.2) is 6.61 Å². The Morgan fingerprint density at radius 3 is 2.62 bits per heavy atom. The zero-order chi connectivity index (χ0) is 20.8. The van der Waals surface area contributed by atoms with Gasteiger partial charge in [-0.05, 0) is 62.1 Å². The summed E-state index contributed by atoms with van der Waals surface area (Å²) in [5.74, 6) is 0.119. The van der Waals surface area contributed by atoms with Crippen LogP contribution in [0.4, 0.5) is 5.69 Å². The summed E-state index contributed by atoms with van der Waals surface area (Å²) in [5, 5.41) is 5.66. The molecule has 0 bridgehead atoms. The van der Waals surface area contributed by atoms with Gasteiger partial charge in [0.05, 0.1) is 17.4 Å². The number of hydrogen-bond acceptors (Lipinski definition) is 4. The molecule has 1 atom stereocenters. The second kappa shape index (κ2) is 9.89. The molecule has 0 saturated carbocycles. The fourth-order valence-electron chi connectivity index (χ4n) is 3.35. The second-order valence-corrected chi connectivity index (χ2v) is 8.01. The number of ether oxygens (including phenoxy) is 2. The van der Waals surface area contributed by atoms with E-state index in [1.807, 2.05) is 26.0 Å². The van der Waals surface area contributed by atoms with Crippen molar-refractivity contribution >= 4 is 33.4 Å². The molecule has 1 aliphatic rings. The van der Waals surface area contributed by atoms with Crippen LogP contribution in [0.2, 0.25) is 0 Å². The third-order valence-corrected chi connectivity index (χ3v) is 5.19. The zero-order valence-electron chi connectivity index (χ0n) is 16.6. The van der Waals surface area contributed by atoms with E-state index < -0.39 is 0 Å². The van der Waals surface area contributed by atoms with Gasteiger partial charge in [-0.15, -0.1) is 0 Å². The fourth-order valence-corrected chi connectivity index (χ4v) is 4.03. The quantitative estimate of drug-likeness (QED) is 0.654. The van der Waals surface area contributed by atoms with E-state index >= 15 is 0 Å². The first-order valence-electron chi connectivity index (χ1n) is 9.62. The molecule has 0 radical (unpaired) electrons. The molecule has 154 valence electrons. The summed E-state index contributed by atoms with van der Waals surface area (Å²) in [6.45, 7) is 4.92. The Hall–Kier alpha value is -2.38. The van der Waals surface area contributed by atoms with Crippen LogP contribution in [0.25, 0.3) is 0 Å². The van der Waals surface area contributed by atoms with Crippen molar-refractivity contribution in [2.24, 2.45) is 0 Å². The largest absolute Gasteiger partial charge is 0.483 e. The monoisotopic (exact) mass is 460 g/mol. The Morgan fingerprint density at radius 1 is 1.21 bits per heavy atom. The minimum Gasteiger partial charge on any atom is -0.483 e. The summed E-state index contributed by atoms with van der Waals surface area (Å²) in [6, 6.07) is 10.8. The highest BCUT2D eigenvalue weighted by atomic mass is 79.9. The predicted molar refractivity (Wildman–Crippen MR) is 115 cm³/mol. The van der Waals surface area contributed by atoms with Crippen molar-refractivity contribution in [3.8, 4) is 5.75 Å². The van der Waals surface area contributed by atoms with Gasteiger partial charge < -0.3 is 20.1 Å². The number of carbonyl (C=O) groups excluding carboxylic acids is 2. The molecule has 2 amide bonds. The lowest BCUT2D eigenvalue weighted by molar-refractivity contribution is -0.118. The summed E-state index contributed by atoms with van der Waals surface area (Å²) >= 11 is 3.45. The van der Waals surface area contributed by atoms with Crippen molar-refractivity contribution in [3.05, 3.63) is 57.6 Å². The highest BCUT2D eigenvalue weighted by Crippen LogP contribution is 2.27. The van der Waals surface area contributed by atoms with Crippen LogP contribution < -0.4 is 15.4 Å². The van der Waals surface area contributed by atoms with E-state index in [1.165, 1.54) is 0 Å². The summed E-state index contributed by atoms with van der Waals surface area (Å²) in [7, 11) is 0. The molecule has 2 N–H and O–H groups in total. The first-order valence-corrected chi connectivity index (χ1v) is 10.4. The van der Waals surface area contributed by atoms with Crippen LogP contribution in [-0.2, 0) is 9.53 Å².